The Kier molecular flexibility index (Phi) is 7.55. The third-order valence-corrected chi connectivity index (χ3v) is 4.04. The topological polar surface area (TPSA) is 60.7 Å². The molecule has 0 bridgehead atoms. The van der Waals surface area contributed by atoms with Gasteiger partial charge in [-0.25, -0.2) is 0 Å². The van der Waals surface area contributed by atoms with Crippen molar-refractivity contribution in [1.29, 1.82) is 5.26 Å². The van der Waals surface area contributed by atoms with Crippen molar-refractivity contribution in [3.05, 3.63) is 0 Å². The first kappa shape index (κ1) is 14.5. The van der Waals surface area contributed by atoms with Crippen LogP contribution in [0.1, 0.15) is 27.7 Å². The van der Waals surface area contributed by atoms with Crippen molar-refractivity contribution in [2.45, 2.75) is 33.8 Å². The Hall–Kier alpha value is -0.453. The zero-order valence-corrected chi connectivity index (χ0v) is 10.8. The zero-order valence-electron chi connectivity index (χ0n) is 9.78. The van der Waals surface area contributed by atoms with E-state index in [1.165, 1.54) is 0 Å². The lowest BCUT2D eigenvalue weighted by molar-refractivity contribution is -0.0361. The molecule has 0 saturated carbocycles. The van der Waals surface area contributed by atoms with E-state index >= 15 is 0 Å². The Morgan fingerprint density at radius 2 is 1.47 bits per heavy atom. The minimum absolute atomic E-state index is 0.435. The van der Waals surface area contributed by atoms with Gasteiger partial charge in [0.15, 0.2) is 0 Å². The van der Waals surface area contributed by atoms with E-state index in [1.807, 2.05) is 26.8 Å². The molecule has 0 aliphatic rings. The fraction of sp³-hybridized carbons (Fsp3) is 0.889. The molecule has 88 valence electrons. The van der Waals surface area contributed by atoms with Gasteiger partial charge in [-0.05, 0) is 27.7 Å². The van der Waals surface area contributed by atoms with Crippen LogP contribution in [0.3, 0.4) is 0 Å². The van der Waals surface area contributed by atoms with Gasteiger partial charge in [0.1, 0.15) is 6.10 Å². The quantitative estimate of drug-likeness (QED) is 0.594. The molecule has 0 radical (unpaired) electrons. The molecule has 0 aromatic rings. The molecule has 0 spiro atoms. The summed E-state index contributed by atoms with van der Waals surface area (Å²) in [5.74, 6) is 0. The molecule has 0 aromatic carbocycles. The van der Waals surface area contributed by atoms with E-state index in [0.29, 0.717) is 19.8 Å². The van der Waals surface area contributed by atoms with Crippen LogP contribution in [0.4, 0.5) is 0 Å². The van der Waals surface area contributed by atoms with Gasteiger partial charge in [0.2, 0.25) is 0 Å². The van der Waals surface area contributed by atoms with E-state index in [4.69, 9.17) is 23.0 Å². The highest BCUT2D eigenvalue weighted by atomic mass is 28.4. The van der Waals surface area contributed by atoms with Gasteiger partial charge in [-0.15, -0.1) is 0 Å². The van der Waals surface area contributed by atoms with E-state index < -0.39 is 15.2 Å². The van der Waals surface area contributed by atoms with Gasteiger partial charge in [-0.2, -0.15) is 5.26 Å². The predicted molar refractivity (Wildman–Crippen MR) is 56.8 cm³/mol. The van der Waals surface area contributed by atoms with Crippen LogP contribution in [-0.4, -0.2) is 35.0 Å². The van der Waals surface area contributed by atoms with E-state index in [1.54, 1.807) is 6.92 Å². The largest absolute Gasteiger partial charge is 0.680 e. The minimum atomic E-state index is -3.10. The number of hydrogen-bond donors (Lipinski definition) is 0. The molecule has 0 saturated heterocycles. The minimum Gasteiger partial charge on any atom is -0.351 e. The van der Waals surface area contributed by atoms with Crippen LogP contribution in [0.15, 0.2) is 0 Å². The van der Waals surface area contributed by atoms with Gasteiger partial charge >= 0.3 is 9.05 Å². The molecule has 15 heavy (non-hydrogen) atoms. The maximum Gasteiger partial charge on any atom is 0.680 e. The Morgan fingerprint density at radius 1 is 1.07 bits per heavy atom. The fourth-order valence-electron chi connectivity index (χ4n) is 1.00. The number of rotatable bonds is 8. The van der Waals surface area contributed by atoms with Crippen LogP contribution in [0.25, 0.3) is 0 Å². The summed E-state index contributed by atoms with van der Waals surface area (Å²) >= 11 is 0. The summed E-state index contributed by atoms with van der Waals surface area (Å²) in [6.45, 7) is 8.44. The van der Waals surface area contributed by atoms with Crippen LogP contribution in [-0.2, 0) is 17.7 Å². The van der Waals surface area contributed by atoms with Gasteiger partial charge in [0.25, 0.3) is 0 Å². The van der Waals surface area contributed by atoms with E-state index in [2.05, 4.69) is 0 Å². The molecule has 0 aliphatic heterocycles. The van der Waals surface area contributed by atoms with Gasteiger partial charge in [-0.3, -0.25) is 0 Å². The molecule has 1 unspecified atom stereocenters. The Morgan fingerprint density at radius 3 is 1.73 bits per heavy atom. The summed E-state index contributed by atoms with van der Waals surface area (Å²) in [6, 6.07) is 1.97. The lowest BCUT2D eigenvalue weighted by Gasteiger charge is -2.27. The molecule has 0 heterocycles. The average molecular weight is 233 g/mol. The summed E-state index contributed by atoms with van der Waals surface area (Å²) in [7, 11) is -3.10. The number of nitriles is 1. The Balaban J connectivity index is 4.53. The van der Waals surface area contributed by atoms with Crippen molar-refractivity contribution in [3.63, 3.8) is 0 Å². The molecular weight excluding hydrogens is 214 g/mol. The van der Waals surface area contributed by atoms with Crippen molar-refractivity contribution in [2.75, 3.05) is 19.8 Å². The first-order chi connectivity index (χ1) is 7.14. The van der Waals surface area contributed by atoms with Crippen molar-refractivity contribution in [2.24, 2.45) is 0 Å². The van der Waals surface area contributed by atoms with Gasteiger partial charge < -0.3 is 17.7 Å². The molecule has 5 nitrogen and oxygen atoms in total. The van der Waals surface area contributed by atoms with Crippen LogP contribution in [0.2, 0.25) is 0 Å². The highest BCUT2D eigenvalue weighted by Crippen LogP contribution is 2.14. The first-order valence-electron chi connectivity index (χ1n) is 5.13. The lowest BCUT2D eigenvalue weighted by atomic mass is 10.5. The molecule has 0 rings (SSSR count). The van der Waals surface area contributed by atoms with Crippen molar-refractivity contribution < 1.29 is 17.7 Å². The highest BCUT2D eigenvalue weighted by Gasteiger charge is 2.46. The van der Waals surface area contributed by atoms with Crippen LogP contribution < -0.4 is 0 Å². The number of nitrogens with zero attached hydrogens (tertiary/aromatic N) is 1. The van der Waals surface area contributed by atoms with Crippen LogP contribution in [0, 0.1) is 11.3 Å². The fourth-order valence-corrected chi connectivity index (χ4v) is 3.00. The van der Waals surface area contributed by atoms with Crippen LogP contribution in [0.5, 0.6) is 0 Å². The zero-order chi connectivity index (χ0) is 11.7. The molecule has 0 aliphatic carbocycles. The van der Waals surface area contributed by atoms with E-state index in [-0.39, 0.29) is 0 Å². The Bertz CT molecular complexity index is 190. The van der Waals surface area contributed by atoms with Crippen molar-refractivity contribution in [1.82, 2.24) is 0 Å². The van der Waals surface area contributed by atoms with Crippen molar-refractivity contribution in [3.8, 4) is 6.07 Å². The summed E-state index contributed by atoms with van der Waals surface area (Å²) in [5, 5.41) is 8.68. The van der Waals surface area contributed by atoms with E-state index in [9.17, 15) is 0 Å². The maximum absolute atomic E-state index is 8.68. The summed E-state index contributed by atoms with van der Waals surface area (Å²) < 4.78 is 21.6. The number of hydrogen-bond acceptors (Lipinski definition) is 5. The third-order valence-electron chi connectivity index (χ3n) is 1.47. The smallest absolute Gasteiger partial charge is 0.351 e. The molecule has 0 N–H and O–H groups in total. The van der Waals surface area contributed by atoms with E-state index in [0.717, 1.165) is 0 Å². The second-order valence-corrected chi connectivity index (χ2v) is 4.79. The molecule has 0 amide bonds. The second-order valence-electron chi connectivity index (χ2n) is 2.69. The SMILES string of the molecule is CCO[Si](OCC)(OCC)OC(C)C#N. The van der Waals surface area contributed by atoms with Crippen molar-refractivity contribution >= 4 is 9.05 Å². The summed E-state index contributed by atoms with van der Waals surface area (Å²) in [6.07, 6.45) is -0.596. The predicted octanol–water partition coefficient (Wildman–Crippen LogP) is 1.46. The summed E-state index contributed by atoms with van der Waals surface area (Å²) in [4.78, 5) is 0. The standard InChI is InChI=1S/C9H19NO4Si/c1-5-11-15(12-6-2,13-7-3)14-9(4)8-10/h9H,5-7H2,1-4H3. The molecule has 0 aromatic heterocycles. The average Bonchev–Trinajstić information content (AvgIpc) is 2.18. The van der Waals surface area contributed by atoms with Crippen LogP contribution >= 0.6 is 0 Å². The normalized spacial score (nSPS) is 13.5. The summed E-state index contributed by atoms with van der Waals surface area (Å²) in [5.41, 5.74) is 0. The first-order valence-corrected chi connectivity index (χ1v) is 6.76. The molecule has 0 fully saturated rings. The molecule has 6 heteroatoms. The monoisotopic (exact) mass is 233 g/mol. The third kappa shape index (κ3) is 5.25. The molecular formula is C9H19NO4Si. The van der Waals surface area contributed by atoms with Gasteiger partial charge in [0.05, 0.1) is 6.07 Å². The molecule has 1 atom stereocenters. The Labute approximate surface area is 92.4 Å². The van der Waals surface area contributed by atoms with Gasteiger partial charge in [0, 0.05) is 19.8 Å². The second kappa shape index (κ2) is 7.79. The highest BCUT2D eigenvalue weighted by molar-refractivity contribution is 6.53. The lowest BCUT2D eigenvalue weighted by Crippen LogP contribution is -2.51. The van der Waals surface area contributed by atoms with Gasteiger partial charge in [-0.1, -0.05) is 0 Å². The maximum atomic E-state index is 8.68.